The first-order chi connectivity index (χ1) is 12.5. The van der Waals surface area contributed by atoms with Crippen LogP contribution >= 0.6 is 0 Å². The van der Waals surface area contributed by atoms with Crippen LogP contribution in [0.3, 0.4) is 0 Å². The molecule has 0 saturated heterocycles. The molecule has 2 atom stereocenters. The first-order valence-electron chi connectivity index (χ1n) is 8.74. The molecule has 2 aromatic rings. The Balaban J connectivity index is 2.47. The van der Waals surface area contributed by atoms with Crippen molar-refractivity contribution in [2.45, 2.75) is 51.9 Å². The number of benzene rings is 1. The highest BCUT2D eigenvalue weighted by Crippen LogP contribution is 2.35. The van der Waals surface area contributed by atoms with Gasteiger partial charge in [-0.1, -0.05) is 13.8 Å². The van der Waals surface area contributed by atoms with E-state index in [1.165, 1.54) is 33.1 Å². The number of rotatable bonds is 7. The predicted molar refractivity (Wildman–Crippen MR) is 99.6 cm³/mol. The van der Waals surface area contributed by atoms with E-state index in [0.29, 0.717) is 16.5 Å². The van der Waals surface area contributed by atoms with Crippen molar-refractivity contribution in [3.63, 3.8) is 0 Å². The molecule has 1 heterocycles. The highest BCUT2D eigenvalue weighted by atomic mass is 16.6. The van der Waals surface area contributed by atoms with Crippen LogP contribution in [0.2, 0.25) is 0 Å². The minimum atomic E-state index is -1.50. The number of fused-ring (bicyclic) bond motifs is 1. The van der Waals surface area contributed by atoms with Crippen molar-refractivity contribution in [2.24, 2.45) is 5.92 Å². The number of methoxy groups -OCH3 is 1. The van der Waals surface area contributed by atoms with Gasteiger partial charge < -0.3 is 24.1 Å². The maximum absolute atomic E-state index is 12.1. The minimum Gasteiger partial charge on any atom is -0.496 e. The highest BCUT2D eigenvalue weighted by molar-refractivity contribution is 5.79. The van der Waals surface area contributed by atoms with Crippen molar-refractivity contribution < 1.29 is 28.9 Å². The topological polar surface area (TPSA) is 106 Å². The van der Waals surface area contributed by atoms with Gasteiger partial charge in [0.2, 0.25) is 0 Å². The van der Waals surface area contributed by atoms with E-state index in [2.05, 4.69) is 0 Å². The second-order valence-corrected chi connectivity index (χ2v) is 7.49. The summed E-state index contributed by atoms with van der Waals surface area (Å²) in [5, 5.41) is 21.9. The van der Waals surface area contributed by atoms with Gasteiger partial charge in [0.25, 0.3) is 0 Å². The molecule has 0 radical (unpaired) electrons. The van der Waals surface area contributed by atoms with Gasteiger partial charge in [-0.15, -0.1) is 0 Å². The molecule has 0 saturated carbocycles. The Labute approximate surface area is 157 Å². The summed E-state index contributed by atoms with van der Waals surface area (Å²) in [4.78, 5) is 23.5. The molecule has 2 rings (SSSR count). The zero-order valence-corrected chi connectivity index (χ0v) is 16.2. The van der Waals surface area contributed by atoms with E-state index in [1.54, 1.807) is 12.1 Å². The zero-order chi connectivity index (χ0) is 20.4. The molecule has 0 fully saturated rings. The molecule has 0 aliphatic carbocycles. The van der Waals surface area contributed by atoms with Crippen LogP contribution in [0.25, 0.3) is 11.0 Å². The van der Waals surface area contributed by atoms with Gasteiger partial charge in [0.15, 0.2) is 6.10 Å². The van der Waals surface area contributed by atoms with Crippen LogP contribution in [0.15, 0.2) is 33.5 Å². The number of ether oxygens (including phenoxy) is 2. The van der Waals surface area contributed by atoms with Crippen LogP contribution in [0, 0.1) is 5.92 Å². The second kappa shape index (κ2) is 8.10. The van der Waals surface area contributed by atoms with E-state index in [1.807, 2.05) is 13.8 Å². The minimum absolute atomic E-state index is 0.0789. The van der Waals surface area contributed by atoms with E-state index in [-0.39, 0.29) is 18.1 Å². The molecular weight excluding hydrogens is 352 g/mol. The Bertz CT molecular complexity index is 861. The quantitative estimate of drug-likeness (QED) is 0.563. The van der Waals surface area contributed by atoms with Crippen molar-refractivity contribution in [1.82, 2.24) is 0 Å². The van der Waals surface area contributed by atoms with Gasteiger partial charge in [-0.25, -0.2) is 4.79 Å². The normalized spacial score (nSPS) is 14.2. The van der Waals surface area contributed by atoms with Gasteiger partial charge in [0.1, 0.15) is 17.4 Å². The molecule has 27 heavy (non-hydrogen) atoms. The van der Waals surface area contributed by atoms with Crippen molar-refractivity contribution in [1.29, 1.82) is 0 Å². The van der Waals surface area contributed by atoms with Gasteiger partial charge in [0, 0.05) is 29.5 Å². The van der Waals surface area contributed by atoms with Gasteiger partial charge >= 0.3 is 11.6 Å². The Kier molecular flexibility index (Phi) is 6.28. The number of aliphatic hydroxyl groups excluding tert-OH is 1. The summed E-state index contributed by atoms with van der Waals surface area (Å²) in [5.74, 6) is -0.185. The Morgan fingerprint density at radius 2 is 1.93 bits per heavy atom. The van der Waals surface area contributed by atoms with Crippen LogP contribution < -0.4 is 10.4 Å². The summed E-state index contributed by atoms with van der Waals surface area (Å²) >= 11 is 0. The fraction of sp³-hybridized carbons (Fsp3) is 0.500. The van der Waals surface area contributed by atoms with Gasteiger partial charge in [-0.05, 0) is 31.9 Å². The monoisotopic (exact) mass is 378 g/mol. The van der Waals surface area contributed by atoms with Crippen LogP contribution in [0.4, 0.5) is 0 Å². The molecular formula is C20H26O7. The van der Waals surface area contributed by atoms with E-state index < -0.39 is 29.4 Å². The standard InChI is InChI=1S/C20H26O7/c1-11(2)8-17(22)27-19(20(3,4)24)18(23)13-9-12-6-7-16(21)26-14(12)10-15(13)25-5/h6-7,9-11,18-19,23-24H,8H2,1-5H3. The number of esters is 1. The third-order valence-electron chi connectivity index (χ3n) is 4.11. The predicted octanol–water partition coefficient (Wildman–Crippen LogP) is 2.56. The molecule has 2 unspecified atom stereocenters. The molecule has 1 aromatic heterocycles. The first kappa shape index (κ1) is 20.9. The Morgan fingerprint density at radius 3 is 2.48 bits per heavy atom. The lowest BCUT2D eigenvalue weighted by molar-refractivity contribution is -0.177. The maximum Gasteiger partial charge on any atom is 0.336 e. The molecule has 2 N–H and O–H groups in total. The Hall–Kier alpha value is -2.38. The maximum atomic E-state index is 12.1. The van der Waals surface area contributed by atoms with Gasteiger partial charge in [-0.2, -0.15) is 0 Å². The van der Waals surface area contributed by atoms with E-state index in [4.69, 9.17) is 13.9 Å². The van der Waals surface area contributed by atoms with Crippen molar-refractivity contribution >= 4 is 16.9 Å². The Morgan fingerprint density at radius 1 is 1.26 bits per heavy atom. The molecule has 148 valence electrons. The van der Waals surface area contributed by atoms with Crippen LogP contribution in [0.1, 0.15) is 45.8 Å². The molecule has 1 aromatic carbocycles. The largest absolute Gasteiger partial charge is 0.496 e. The van der Waals surface area contributed by atoms with Crippen LogP contribution in [-0.4, -0.2) is 35.0 Å². The number of carbonyl (C=O) groups excluding carboxylic acids is 1. The highest BCUT2D eigenvalue weighted by Gasteiger charge is 2.39. The lowest BCUT2D eigenvalue weighted by Crippen LogP contribution is -2.44. The second-order valence-electron chi connectivity index (χ2n) is 7.49. The molecule has 0 amide bonds. The summed E-state index contributed by atoms with van der Waals surface area (Å²) in [5.41, 5.74) is -1.40. The number of hydrogen-bond donors (Lipinski definition) is 2. The van der Waals surface area contributed by atoms with Crippen LogP contribution in [-0.2, 0) is 9.53 Å². The van der Waals surface area contributed by atoms with Crippen LogP contribution in [0.5, 0.6) is 5.75 Å². The SMILES string of the molecule is COc1cc2oc(=O)ccc2cc1C(O)C(OC(=O)CC(C)C)C(C)(C)O. The average molecular weight is 378 g/mol. The van der Waals surface area contributed by atoms with E-state index in [9.17, 15) is 19.8 Å². The zero-order valence-electron chi connectivity index (χ0n) is 16.2. The first-order valence-corrected chi connectivity index (χ1v) is 8.74. The fourth-order valence-corrected chi connectivity index (χ4v) is 2.80. The summed E-state index contributed by atoms with van der Waals surface area (Å²) in [6.45, 7) is 6.65. The van der Waals surface area contributed by atoms with Gasteiger partial charge in [-0.3, -0.25) is 4.79 Å². The van der Waals surface area contributed by atoms with Crippen molar-refractivity contribution in [2.75, 3.05) is 7.11 Å². The summed E-state index contributed by atoms with van der Waals surface area (Å²) in [6.07, 6.45) is -2.41. The van der Waals surface area contributed by atoms with Gasteiger partial charge in [0.05, 0.1) is 12.7 Å². The lowest BCUT2D eigenvalue weighted by Gasteiger charge is -2.33. The summed E-state index contributed by atoms with van der Waals surface area (Å²) < 4.78 is 15.8. The molecule has 7 heteroatoms. The average Bonchev–Trinajstić information content (AvgIpc) is 2.56. The summed E-state index contributed by atoms with van der Waals surface area (Å²) in [7, 11) is 1.41. The van der Waals surface area contributed by atoms with E-state index in [0.717, 1.165) is 0 Å². The smallest absolute Gasteiger partial charge is 0.336 e. The summed E-state index contributed by atoms with van der Waals surface area (Å²) in [6, 6.07) is 5.88. The lowest BCUT2D eigenvalue weighted by atomic mass is 9.91. The molecule has 0 aliphatic rings. The molecule has 7 nitrogen and oxygen atoms in total. The molecule has 0 aliphatic heterocycles. The third-order valence-corrected chi connectivity index (χ3v) is 4.11. The van der Waals surface area contributed by atoms with E-state index >= 15 is 0 Å². The van der Waals surface area contributed by atoms with Crippen molar-refractivity contribution in [3.8, 4) is 5.75 Å². The number of hydrogen-bond acceptors (Lipinski definition) is 7. The number of aliphatic hydroxyl groups is 2. The molecule has 0 spiro atoms. The number of carbonyl (C=O) groups is 1. The fourth-order valence-electron chi connectivity index (χ4n) is 2.80. The molecule has 0 bridgehead atoms. The van der Waals surface area contributed by atoms with Crippen molar-refractivity contribution in [3.05, 3.63) is 40.2 Å². The third kappa shape index (κ3) is 5.08.